The Balaban J connectivity index is 1.67. The lowest BCUT2D eigenvalue weighted by atomic mass is 9.99. The number of hydrogen-bond donors (Lipinski definition) is 1. The zero-order chi connectivity index (χ0) is 12.6. The molecule has 18 heavy (non-hydrogen) atoms. The maximum absolute atomic E-state index is 12.4. The zero-order valence-corrected chi connectivity index (χ0v) is 10.6. The van der Waals surface area contributed by atoms with Crippen LogP contribution in [0.2, 0.25) is 0 Å². The summed E-state index contributed by atoms with van der Waals surface area (Å²) in [6.45, 7) is 2.27. The van der Waals surface area contributed by atoms with Gasteiger partial charge in [-0.2, -0.15) is 0 Å². The molecule has 1 aromatic carbocycles. The number of nitrogens with zero attached hydrogens (tertiary/aromatic N) is 1. The average molecular weight is 244 g/mol. The van der Waals surface area contributed by atoms with Crippen LogP contribution in [0.5, 0.6) is 0 Å². The average Bonchev–Trinajstić information content (AvgIpc) is 3.08. The van der Waals surface area contributed by atoms with E-state index in [2.05, 4.69) is 24.3 Å². The first kappa shape index (κ1) is 11.7. The van der Waals surface area contributed by atoms with Gasteiger partial charge in [0.1, 0.15) is 0 Å². The normalized spacial score (nSPS) is 25.2. The van der Waals surface area contributed by atoms with E-state index in [0.717, 1.165) is 32.4 Å². The first-order valence-corrected chi connectivity index (χ1v) is 6.79. The number of carbonyl (C=O) groups excluding carboxylic acids is 1. The Labute approximate surface area is 108 Å². The second-order valence-electron chi connectivity index (χ2n) is 5.63. The lowest BCUT2D eigenvalue weighted by molar-refractivity contribution is -0.135. The van der Waals surface area contributed by atoms with Gasteiger partial charge in [0.05, 0.1) is 5.41 Å². The Bertz CT molecular complexity index is 439. The van der Waals surface area contributed by atoms with Crippen molar-refractivity contribution in [3.8, 4) is 0 Å². The molecule has 1 heterocycles. The summed E-state index contributed by atoms with van der Waals surface area (Å²) < 4.78 is 0. The third-order valence-electron chi connectivity index (χ3n) is 4.44. The number of likely N-dealkylation sites (tertiary alicyclic amines) is 1. The van der Waals surface area contributed by atoms with Crippen LogP contribution in [0.25, 0.3) is 0 Å². The molecule has 2 aliphatic rings. The van der Waals surface area contributed by atoms with Crippen LogP contribution >= 0.6 is 0 Å². The van der Waals surface area contributed by atoms with E-state index in [0.29, 0.717) is 18.4 Å². The lowest BCUT2D eigenvalue weighted by Gasteiger charge is -2.22. The van der Waals surface area contributed by atoms with Gasteiger partial charge in [-0.3, -0.25) is 4.79 Å². The van der Waals surface area contributed by atoms with Crippen molar-refractivity contribution < 1.29 is 4.79 Å². The molecular weight excluding hydrogens is 224 g/mol. The van der Waals surface area contributed by atoms with Gasteiger partial charge in [0.2, 0.25) is 5.91 Å². The highest BCUT2D eigenvalue weighted by molar-refractivity contribution is 5.86. The monoisotopic (exact) mass is 244 g/mol. The van der Waals surface area contributed by atoms with Crippen LogP contribution in [0, 0.1) is 5.41 Å². The Morgan fingerprint density at radius 3 is 2.67 bits per heavy atom. The van der Waals surface area contributed by atoms with E-state index in [9.17, 15) is 4.79 Å². The number of nitrogens with two attached hydrogens (primary N) is 1. The smallest absolute Gasteiger partial charge is 0.230 e. The molecule has 0 spiro atoms. The third kappa shape index (κ3) is 1.93. The Morgan fingerprint density at radius 2 is 2.06 bits per heavy atom. The van der Waals surface area contributed by atoms with Crippen molar-refractivity contribution in [2.75, 3.05) is 19.6 Å². The summed E-state index contributed by atoms with van der Waals surface area (Å²) in [6, 6.07) is 10.5. The van der Waals surface area contributed by atoms with Gasteiger partial charge >= 0.3 is 0 Å². The molecule has 1 amide bonds. The van der Waals surface area contributed by atoms with Crippen molar-refractivity contribution in [3.63, 3.8) is 0 Å². The van der Waals surface area contributed by atoms with Gasteiger partial charge < -0.3 is 10.6 Å². The molecule has 1 aliphatic carbocycles. The molecule has 1 aromatic rings. The van der Waals surface area contributed by atoms with Gasteiger partial charge in [0, 0.05) is 25.6 Å². The van der Waals surface area contributed by atoms with E-state index in [4.69, 9.17) is 5.73 Å². The fourth-order valence-electron chi connectivity index (χ4n) is 2.93. The summed E-state index contributed by atoms with van der Waals surface area (Å²) in [5, 5.41) is 0. The molecule has 0 aromatic heterocycles. The molecule has 2 fully saturated rings. The van der Waals surface area contributed by atoms with E-state index in [-0.39, 0.29) is 5.41 Å². The van der Waals surface area contributed by atoms with Crippen LogP contribution in [0.4, 0.5) is 0 Å². The summed E-state index contributed by atoms with van der Waals surface area (Å²) >= 11 is 0. The second kappa shape index (κ2) is 4.39. The molecule has 0 bridgehead atoms. The van der Waals surface area contributed by atoms with Crippen molar-refractivity contribution in [1.29, 1.82) is 0 Å². The van der Waals surface area contributed by atoms with Crippen molar-refractivity contribution in [1.82, 2.24) is 4.90 Å². The minimum Gasteiger partial charge on any atom is -0.342 e. The van der Waals surface area contributed by atoms with Crippen LogP contribution in [0.3, 0.4) is 0 Å². The Hall–Kier alpha value is -1.35. The van der Waals surface area contributed by atoms with Crippen LogP contribution < -0.4 is 5.73 Å². The van der Waals surface area contributed by atoms with Crippen molar-refractivity contribution in [2.24, 2.45) is 11.1 Å². The minimum atomic E-state index is -0.189. The summed E-state index contributed by atoms with van der Waals surface area (Å²) in [5.41, 5.74) is 6.90. The van der Waals surface area contributed by atoms with Gasteiger partial charge in [0.25, 0.3) is 0 Å². The Morgan fingerprint density at radius 1 is 1.33 bits per heavy atom. The predicted molar refractivity (Wildman–Crippen MR) is 71.1 cm³/mol. The number of amides is 1. The van der Waals surface area contributed by atoms with E-state index in [1.54, 1.807) is 0 Å². The Kier molecular flexibility index (Phi) is 2.86. The minimum absolute atomic E-state index is 0.189. The molecule has 0 radical (unpaired) electrons. The molecule has 1 saturated carbocycles. The highest BCUT2D eigenvalue weighted by Gasteiger charge is 2.51. The van der Waals surface area contributed by atoms with Crippen LogP contribution in [-0.2, 0) is 4.79 Å². The molecule has 3 nitrogen and oxygen atoms in total. The number of benzene rings is 1. The summed E-state index contributed by atoms with van der Waals surface area (Å²) in [5.74, 6) is 0.798. The molecule has 96 valence electrons. The number of rotatable bonds is 3. The topological polar surface area (TPSA) is 46.3 Å². The van der Waals surface area contributed by atoms with E-state index >= 15 is 0 Å². The standard InChI is InChI=1S/C15H20N2O/c16-11-15(7-8-15)14(18)17-9-6-13(10-17)12-4-2-1-3-5-12/h1-5,13H,6-11,16H2. The molecule has 1 saturated heterocycles. The lowest BCUT2D eigenvalue weighted by Crippen LogP contribution is -2.39. The fourth-order valence-corrected chi connectivity index (χ4v) is 2.93. The fraction of sp³-hybridized carbons (Fsp3) is 0.533. The highest BCUT2D eigenvalue weighted by atomic mass is 16.2. The van der Waals surface area contributed by atoms with Gasteiger partial charge in [-0.1, -0.05) is 30.3 Å². The van der Waals surface area contributed by atoms with Crippen molar-refractivity contribution >= 4 is 5.91 Å². The quantitative estimate of drug-likeness (QED) is 0.880. The van der Waals surface area contributed by atoms with E-state index in [1.165, 1.54) is 5.56 Å². The third-order valence-corrected chi connectivity index (χ3v) is 4.44. The zero-order valence-electron chi connectivity index (χ0n) is 10.6. The first-order valence-electron chi connectivity index (χ1n) is 6.79. The largest absolute Gasteiger partial charge is 0.342 e. The molecule has 2 N–H and O–H groups in total. The number of carbonyl (C=O) groups is 1. The molecule has 3 heteroatoms. The van der Waals surface area contributed by atoms with E-state index < -0.39 is 0 Å². The SMILES string of the molecule is NCC1(C(=O)N2CCC(c3ccccc3)C2)CC1. The van der Waals surface area contributed by atoms with Gasteiger partial charge in [-0.25, -0.2) is 0 Å². The predicted octanol–water partition coefficient (Wildman–Crippen LogP) is 1.74. The van der Waals surface area contributed by atoms with Crippen LogP contribution in [0.1, 0.15) is 30.7 Å². The summed E-state index contributed by atoms with van der Waals surface area (Å²) in [7, 11) is 0. The second-order valence-corrected chi connectivity index (χ2v) is 5.63. The number of hydrogen-bond acceptors (Lipinski definition) is 2. The van der Waals surface area contributed by atoms with Crippen molar-refractivity contribution in [2.45, 2.75) is 25.2 Å². The molecule has 1 aliphatic heterocycles. The maximum atomic E-state index is 12.4. The maximum Gasteiger partial charge on any atom is 0.230 e. The summed E-state index contributed by atoms with van der Waals surface area (Å²) in [4.78, 5) is 14.4. The van der Waals surface area contributed by atoms with E-state index in [1.807, 2.05) is 11.0 Å². The molecule has 3 rings (SSSR count). The molecule has 1 unspecified atom stereocenters. The van der Waals surface area contributed by atoms with Crippen LogP contribution in [-0.4, -0.2) is 30.4 Å². The van der Waals surface area contributed by atoms with Crippen LogP contribution in [0.15, 0.2) is 30.3 Å². The van der Waals surface area contributed by atoms with Gasteiger partial charge in [-0.15, -0.1) is 0 Å². The molecule has 1 atom stereocenters. The first-order chi connectivity index (χ1) is 8.75. The summed E-state index contributed by atoms with van der Waals surface area (Å²) in [6.07, 6.45) is 3.04. The molecular formula is C15H20N2O. The van der Waals surface area contributed by atoms with Gasteiger partial charge in [0.15, 0.2) is 0 Å². The highest BCUT2D eigenvalue weighted by Crippen LogP contribution is 2.47. The van der Waals surface area contributed by atoms with Gasteiger partial charge in [-0.05, 0) is 24.8 Å². The van der Waals surface area contributed by atoms with Crippen molar-refractivity contribution in [3.05, 3.63) is 35.9 Å².